The number of likely N-dealkylation sites (N-methyl/N-ethyl adjacent to an activating group) is 2. The number of thioether (sulfide) groups is 1. The summed E-state index contributed by atoms with van der Waals surface area (Å²) in [5, 5.41) is 18.8. The fourth-order valence-corrected chi connectivity index (χ4v) is 6.29. The number of likely N-dealkylation sites (tertiary alicyclic amines) is 1. The van der Waals surface area contributed by atoms with Crippen LogP contribution in [-0.4, -0.2) is 109 Å². The van der Waals surface area contributed by atoms with Gasteiger partial charge in [-0.05, 0) is 58.2 Å². The molecule has 258 valence electrons. The van der Waals surface area contributed by atoms with Crippen molar-refractivity contribution in [3.63, 3.8) is 0 Å². The number of hydrogen-bond donors (Lipinski definition) is 3. The van der Waals surface area contributed by atoms with Crippen molar-refractivity contribution in [2.75, 3.05) is 39.5 Å². The summed E-state index contributed by atoms with van der Waals surface area (Å²) in [6.07, 6.45) is 10.1. The number of aldehydes is 1. The van der Waals surface area contributed by atoms with E-state index in [2.05, 4.69) is 33.5 Å². The normalized spacial score (nSPS) is 20.5. The molecule has 0 aliphatic carbocycles. The summed E-state index contributed by atoms with van der Waals surface area (Å²) in [6, 6.07) is -0.889. The first kappa shape index (κ1) is 47.2. The molecule has 46 heavy (non-hydrogen) atoms. The molecule has 4 unspecified atom stereocenters. The van der Waals surface area contributed by atoms with E-state index in [0.29, 0.717) is 25.7 Å². The number of nitrogens with one attached hydrogen (secondary N) is 3. The monoisotopic (exact) mass is 690 g/mol. The molecule has 11 nitrogen and oxygen atoms in total. The summed E-state index contributed by atoms with van der Waals surface area (Å²) < 4.78 is 0. The molecule has 0 saturated carbocycles. The Kier molecular flexibility index (Phi) is 24.9. The van der Waals surface area contributed by atoms with E-state index in [0.717, 1.165) is 35.5 Å². The van der Waals surface area contributed by atoms with E-state index in [1.54, 1.807) is 44.5 Å². The van der Waals surface area contributed by atoms with Gasteiger partial charge in [-0.25, -0.2) is 0 Å². The molecule has 4 atom stereocenters. The largest absolute Gasteiger partial charge is 1.00 e. The maximum absolute atomic E-state index is 13.3. The van der Waals surface area contributed by atoms with E-state index in [4.69, 9.17) is 0 Å². The summed E-state index contributed by atoms with van der Waals surface area (Å²) in [6.45, 7) is 15.5. The van der Waals surface area contributed by atoms with Gasteiger partial charge in [0.05, 0.1) is 18.6 Å². The minimum atomic E-state index is -0.768. The van der Waals surface area contributed by atoms with Gasteiger partial charge in [-0.1, -0.05) is 59.4 Å². The topological polar surface area (TPSA) is 164 Å². The van der Waals surface area contributed by atoms with Crippen LogP contribution in [0.2, 0.25) is 0 Å². The van der Waals surface area contributed by atoms with Gasteiger partial charge in [-0.3, -0.25) is 19.3 Å². The SMILES string of the molecule is C=CC1=C(/C=C\C)C(NC(=O)C2CCC(CCN(CC(C=O)NC(=O)CNC)C(=O)CC(C)C)N2C)CCS1.CC(C)(C)[O-].[K+].[OH-]. The van der Waals surface area contributed by atoms with E-state index in [9.17, 15) is 24.3 Å². The van der Waals surface area contributed by atoms with Crippen molar-refractivity contribution in [3.8, 4) is 0 Å². The third kappa shape index (κ3) is 18.0. The van der Waals surface area contributed by atoms with Crippen molar-refractivity contribution in [2.45, 2.75) is 103 Å². The van der Waals surface area contributed by atoms with Gasteiger partial charge >= 0.3 is 51.4 Å². The van der Waals surface area contributed by atoms with Gasteiger partial charge in [-0.15, -0.1) is 17.4 Å². The van der Waals surface area contributed by atoms with Crippen molar-refractivity contribution in [1.82, 2.24) is 25.8 Å². The fourth-order valence-electron chi connectivity index (χ4n) is 5.23. The minimum absolute atomic E-state index is 0. The van der Waals surface area contributed by atoms with Crippen molar-refractivity contribution >= 4 is 35.8 Å². The van der Waals surface area contributed by atoms with Crippen LogP contribution in [0.5, 0.6) is 0 Å². The molecule has 2 aliphatic heterocycles. The molecule has 0 bridgehead atoms. The first-order chi connectivity index (χ1) is 20.6. The van der Waals surface area contributed by atoms with Crippen LogP contribution in [0.25, 0.3) is 0 Å². The molecule has 0 aromatic heterocycles. The summed E-state index contributed by atoms with van der Waals surface area (Å²) >= 11 is 1.77. The molecule has 0 radical (unpaired) electrons. The summed E-state index contributed by atoms with van der Waals surface area (Å²) in [7, 11) is 3.63. The fraction of sp³-hybridized carbons (Fsp3) is 0.697. The summed E-state index contributed by atoms with van der Waals surface area (Å²) in [5.41, 5.74) is 0.361. The Balaban J connectivity index is 0. The average Bonchev–Trinajstić information content (AvgIpc) is 3.30. The standard InChI is InChI=1S/C29H47N5O4S.C4H9O.K.H2O/c1-7-9-23-24(13-15-39-26(23)8-2)32-29(38)25-11-10-22(33(25)6)12-14-34(28(37)16-20(3)4)18-21(19-35)31-27(36)17-30-5;1-4(2,3)5;;/h7-9,19-22,24-25,30H,2,10-18H2,1,3-6H3,(H,31,36)(H,32,38);1-3H3;;1H2/q;-1;+1;/p-1/b9-7-;;;. The number of rotatable bonds is 15. The van der Waals surface area contributed by atoms with Crippen LogP contribution in [0, 0.1) is 5.92 Å². The van der Waals surface area contributed by atoms with Crippen molar-refractivity contribution in [3.05, 3.63) is 35.3 Å². The Morgan fingerprint density at radius 3 is 2.35 bits per heavy atom. The molecule has 0 spiro atoms. The van der Waals surface area contributed by atoms with Crippen LogP contribution < -0.4 is 72.4 Å². The molecule has 1 saturated heterocycles. The van der Waals surface area contributed by atoms with Gasteiger partial charge in [0.1, 0.15) is 12.3 Å². The molecule has 4 N–H and O–H groups in total. The van der Waals surface area contributed by atoms with E-state index >= 15 is 0 Å². The van der Waals surface area contributed by atoms with Gasteiger partial charge in [0, 0.05) is 36.2 Å². The molecule has 1 fully saturated rings. The molecule has 2 rings (SSSR count). The number of carbonyl (C=O) groups is 4. The predicted molar refractivity (Wildman–Crippen MR) is 180 cm³/mol. The zero-order valence-corrected chi connectivity index (χ0v) is 33.5. The van der Waals surface area contributed by atoms with Crippen molar-refractivity contribution < 1.29 is 81.1 Å². The molecule has 0 aromatic carbocycles. The molecular weight excluding hydrogens is 634 g/mol. The molecule has 13 heteroatoms. The van der Waals surface area contributed by atoms with Gasteiger partial charge < -0.3 is 36.2 Å². The maximum Gasteiger partial charge on any atom is 1.00 e. The van der Waals surface area contributed by atoms with E-state index in [1.165, 1.54) is 0 Å². The first-order valence-electron chi connectivity index (χ1n) is 15.7. The zero-order valence-electron chi connectivity index (χ0n) is 29.6. The summed E-state index contributed by atoms with van der Waals surface area (Å²) in [5.74, 6) is 0.819. The van der Waals surface area contributed by atoms with Gasteiger partial charge in [-0.2, -0.15) is 0 Å². The van der Waals surface area contributed by atoms with Crippen molar-refractivity contribution in [1.29, 1.82) is 0 Å². The Hall–Kier alpha value is -0.874. The third-order valence-electron chi connectivity index (χ3n) is 7.25. The van der Waals surface area contributed by atoms with E-state index < -0.39 is 11.6 Å². The van der Waals surface area contributed by atoms with Crippen LogP contribution in [0.1, 0.15) is 73.6 Å². The van der Waals surface area contributed by atoms with Crippen LogP contribution in [0.15, 0.2) is 35.3 Å². The molecule has 2 heterocycles. The first-order valence-corrected chi connectivity index (χ1v) is 16.6. The van der Waals surface area contributed by atoms with Crippen LogP contribution in [-0.2, 0) is 19.2 Å². The number of carbonyl (C=O) groups excluding carboxylic acids is 4. The van der Waals surface area contributed by atoms with Gasteiger partial charge in [0.15, 0.2) is 0 Å². The van der Waals surface area contributed by atoms with Gasteiger partial charge in [0.25, 0.3) is 0 Å². The van der Waals surface area contributed by atoms with Crippen LogP contribution >= 0.6 is 11.8 Å². The second kappa shape index (κ2) is 24.3. The molecule has 3 amide bonds. The second-order valence-corrected chi connectivity index (χ2v) is 14.0. The Labute approximate surface area is 323 Å². The Morgan fingerprint density at radius 2 is 1.83 bits per heavy atom. The van der Waals surface area contributed by atoms with Crippen molar-refractivity contribution in [2.24, 2.45) is 5.92 Å². The third-order valence-corrected chi connectivity index (χ3v) is 8.40. The Bertz CT molecular complexity index is 1030. The number of nitrogens with zero attached hydrogens (tertiary/aromatic N) is 2. The van der Waals surface area contributed by atoms with Gasteiger partial charge in [0.2, 0.25) is 17.7 Å². The van der Waals surface area contributed by atoms with Crippen LogP contribution in [0.4, 0.5) is 0 Å². The molecule has 2 aliphatic rings. The Morgan fingerprint density at radius 1 is 1.20 bits per heavy atom. The smallest absolute Gasteiger partial charge is 0.870 e. The van der Waals surface area contributed by atoms with E-state index in [1.807, 2.05) is 40.0 Å². The maximum atomic E-state index is 13.3. The number of allylic oxidation sites excluding steroid dienone is 2. The summed E-state index contributed by atoms with van der Waals surface area (Å²) in [4.78, 5) is 55.0. The quantitative estimate of drug-likeness (QED) is 0.148. The minimum Gasteiger partial charge on any atom is -0.870 e. The van der Waals surface area contributed by atoms with E-state index in [-0.39, 0.29) is 112 Å². The number of amides is 3. The van der Waals surface area contributed by atoms with Crippen LogP contribution in [0.3, 0.4) is 0 Å². The molecule has 0 aromatic rings. The average molecular weight is 691 g/mol. The number of hydrogen-bond acceptors (Lipinski definition) is 9. The predicted octanol–water partition coefficient (Wildman–Crippen LogP) is -0.773. The zero-order chi connectivity index (χ0) is 33.4. The molecular formula is C33H57KN5O6S-. The second-order valence-electron chi connectivity index (χ2n) is 12.8.